The van der Waals surface area contributed by atoms with E-state index in [9.17, 15) is 4.79 Å². The quantitative estimate of drug-likeness (QED) is 0.763. The van der Waals surface area contributed by atoms with E-state index in [2.05, 4.69) is 51.9 Å². The molecule has 6 heteroatoms. The Morgan fingerprint density at radius 2 is 1.82 bits per heavy atom. The minimum atomic E-state index is -0.276. The lowest BCUT2D eigenvalue weighted by Gasteiger charge is -2.34. The standard InChI is InChI=1S/C22H30N4OS/c1-16-15-17(2)24-22(23-16)25-20(11-14-28-3)21(27)26-12-9-19(10-13-26)18-7-5-4-6-8-18/h4-8,15,19-20H,9-14H2,1-3H3,(H,23,24,25)/t20-/m0/s1. The van der Waals surface area contributed by atoms with Crippen LogP contribution in [0, 0.1) is 13.8 Å². The van der Waals surface area contributed by atoms with Crippen LogP contribution in [0.4, 0.5) is 5.95 Å². The van der Waals surface area contributed by atoms with Crippen molar-refractivity contribution in [3.63, 3.8) is 0 Å². The van der Waals surface area contributed by atoms with Crippen LogP contribution in [0.5, 0.6) is 0 Å². The Kier molecular flexibility index (Phi) is 7.31. The molecule has 1 aliphatic heterocycles. The molecule has 0 saturated carbocycles. The fourth-order valence-electron chi connectivity index (χ4n) is 3.82. The third-order valence-corrected chi connectivity index (χ3v) is 5.92. The molecular formula is C22H30N4OS. The van der Waals surface area contributed by atoms with Crippen molar-refractivity contribution in [1.82, 2.24) is 14.9 Å². The maximum Gasteiger partial charge on any atom is 0.245 e. The third kappa shape index (κ3) is 5.47. The Morgan fingerprint density at radius 1 is 1.18 bits per heavy atom. The average molecular weight is 399 g/mol. The Morgan fingerprint density at radius 3 is 2.43 bits per heavy atom. The molecule has 28 heavy (non-hydrogen) atoms. The van der Waals surface area contributed by atoms with Crippen LogP contribution in [-0.2, 0) is 4.79 Å². The van der Waals surface area contributed by atoms with Crippen molar-refractivity contribution in [1.29, 1.82) is 0 Å². The highest BCUT2D eigenvalue weighted by atomic mass is 32.2. The van der Waals surface area contributed by atoms with Gasteiger partial charge in [0.1, 0.15) is 6.04 Å². The second kappa shape index (κ2) is 9.92. The molecule has 1 aromatic heterocycles. The van der Waals surface area contributed by atoms with Gasteiger partial charge < -0.3 is 10.2 Å². The van der Waals surface area contributed by atoms with Gasteiger partial charge >= 0.3 is 0 Å². The number of carbonyl (C=O) groups excluding carboxylic acids is 1. The Hall–Kier alpha value is -2.08. The molecular weight excluding hydrogens is 368 g/mol. The highest BCUT2D eigenvalue weighted by molar-refractivity contribution is 7.98. The summed E-state index contributed by atoms with van der Waals surface area (Å²) in [6, 6.07) is 12.3. The molecule has 0 spiro atoms. The molecule has 5 nitrogen and oxygen atoms in total. The number of hydrogen-bond acceptors (Lipinski definition) is 5. The van der Waals surface area contributed by atoms with Crippen LogP contribution in [0.1, 0.15) is 42.1 Å². The minimum absolute atomic E-state index is 0.170. The minimum Gasteiger partial charge on any atom is -0.342 e. The smallest absolute Gasteiger partial charge is 0.245 e. The van der Waals surface area contributed by atoms with Gasteiger partial charge in [-0.2, -0.15) is 11.8 Å². The normalized spacial score (nSPS) is 16.0. The van der Waals surface area contributed by atoms with Crippen molar-refractivity contribution in [3.05, 3.63) is 53.3 Å². The van der Waals surface area contributed by atoms with Crippen LogP contribution in [0.15, 0.2) is 36.4 Å². The van der Waals surface area contributed by atoms with Crippen LogP contribution in [0.2, 0.25) is 0 Å². The van der Waals surface area contributed by atoms with Gasteiger partial charge in [-0.1, -0.05) is 30.3 Å². The summed E-state index contributed by atoms with van der Waals surface area (Å²) in [5.41, 5.74) is 3.21. The molecule has 2 heterocycles. The number of benzene rings is 1. The molecule has 0 radical (unpaired) electrons. The van der Waals surface area contributed by atoms with Gasteiger partial charge in [-0.15, -0.1) is 0 Å². The van der Waals surface area contributed by atoms with Gasteiger partial charge in [-0.3, -0.25) is 4.79 Å². The van der Waals surface area contributed by atoms with Gasteiger partial charge in [0, 0.05) is 24.5 Å². The van der Waals surface area contributed by atoms with Gasteiger partial charge in [-0.25, -0.2) is 9.97 Å². The van der Waals surface area contributed by atoms with Crippen molar-refractivity contribution < 1.29 is 4.79 Å². The topological polar surface area (TPSA) is 58.1 Å². The van der Waals surface area contributed by atoms with E-state index in [0.717, 1.165) is 49.5 Å². The number of nitrogens with one attached hydrogen (secondary N) is 1. The highest BCUT2D eigenvalue weighted by Gasteiger charge is 2.29. The predicted molar refractivity (Wildman–Crippen MR) is 117 cm³/mol. The lowest BCUT2D eigenvalue weighted by atomic mass is 9.89. The molecule has 1 N–H and O–H groups in total. The van der Waals surface area contributed by atoms with Gasteiger partial charge in [-0.05, 0) is 62.7 Å². The van der Waals surface area contributed by atoms with Gasteiger partial charge in [0.2, 0.25) is 11.9 Å². The fourth-order valence-corrected chi connectivity index (χ4v) is 4.29. The molecule has 0 aliphatic carbocycles. The number of rotatable bonds is 7. The van der Waals surface area contributed by atoms with E-state index in [1.165, 1.54) is 5.56 Å². The summed E-state index contributed by atoms with van der Waals surface area (Å²) in [6.45, 7) is 5.52. The van der Waals surface area contributed by atoms with E-state index in [0.29, 0.717) is 11.9 Å². The molecule has 1 aliphatic rings. The SMILES string of the molecule is CSCC[C@H](Nc1nc(C)cc(C)n1)C(=O)N1CCC(c2ccccc2)CC1. The molecule has 1 saturated heterocycles. The van der Waals surface area contributed by atoms with Crippen LogP contribution in [-0.4, -0.2) is 51.9 Å². The number of thioether (sulfide) groups is 1. The average Bonchev–Trinajstić information content (AvgIpc) is 2.70. The zero-order valence-corrected chi connectivity index (χ0v) is 17.8. The molecule has 1 atom stereocenters. The number of nitrogens with zero attached hydrogens (tertiary/aromatic N) is 3. The van der Waals surface area contributed by atoms with E-state index in [-0.39, 0.29) is 11.9 Å². The molecule has 150 valence electrons. The number of amides is 1. The second-order valence-electron chi connectivity index (χ2n) is 7.46. The monoisotopic (exact) mass is 398 g/mol. The van der Waals surface area contributed by atoms with Crippen molar-refractivity contribution in [2.45, 2.75) is 45.1 Å². The first-order chi connectivity index (χ1) is 13.6. The Labute approximate surface area is 172 Å². The summed E-state index contributed by atoms with van der Waals surface area (Å²) >= 11 is 1.76. The van der Waals surface area contributed by atoms with Crippen molar-refractivity contribution in [2.24, 2.45) is 0 Å². The number of hydrogen-bond donors (Lipinski definition) is 1. The van der Waals surface area contributed by atoms with Crippen molar-refractivity contribution >= 4 is 23.6 Å². The second-order valence-corrected chi connectivity index (χ2v) is 8.45. The molecule has 1 aromatic carbocycles. The van der Waals surface area contributed by atoms with Gasteiger partial charge in [0.15, 0.2) is 0 Å². The summed E-state index contributed by atoms with van der Waals surface area (Å²) in [5, 5.41) is 3.31. The lowest BCUT2D eigenvalue weighted by Crippen LogP contribution is -2.46. The molecule has 3 rings (SSSR count). The van der Waals surface area contributed by atoms with E-state index in [1.807, 2.05) is 24.8 Å². The van der Waals surface area contributed by atoms with E-state index < -0.39 is 0 Å². The molecule has 1 fully saturated rings. The Balaban J connectivity index is 1.64. The zero-order valence-electron chi connectivity index (χ0n) is 17.0. The first-order valence-electron chi connectivity index (χ1n) is 9.98. The van der Waals surface area contributed by atoms with Crippen LogP contribution < -0.4 is 5.32 Å². The van der Waals surface area contributed by atoms with E-state index in [4.69, 9.17) is 0 Å². The molecule has 2 aromatic rings. The lowest BCUT2D eigenvalue weighted by molar-refractivity contribution is -0.133. The van der Waals surface area contributed by atoms with Crippen LogP contribution >= 0.6 is 11.8 Å². The summed E-state index contributed by atoms with van der Waals surface area (Å²) in [5.74, 6) is 2.19. The van der Waals surface area contributed by atoms with Crippen molar-refractivity contribution in [3.8, 4) is 0 Å². The number of carbonyl (C=O) groups is 1. The number of aryl methyl sites for hydroxylation is 2. The summed E-state index contributed by atoms with van der Waals surface area (Å²) in [7, 11) is 0. The third-order valence-electron chi connectivity index (χ3n) is 5.27. The largest absolute Gasteiger partial charge is 0.342 e. The molecule has 1 amide bonds. The highest BCUT2D eigenvalue weighted by Crippen LogP contribution is 2.28. The maximum atomic E-state index is 13.2. The first kappa shape index (κ1) is 20.6. The van der Waals surface area contributed by atoms with Gasteiger partial charge in [0.05, 0.1) is 0 Å². The van der Waals surface area contributed by atoms with Crippen LogP contribution in [0.25, 0.3) is 0 Å². The Bertz CT molecular complexity index is 755. The number of aromatic nitrogens is 2. The molecule has 0 unspecified atom stereocenters. The predicted octanol–water partition coefficient (Wildman–Crippen LogP) is 4.03. The number of piperidine rings is 1. The summed E-state index contributed by atoms with van der Waals surface area (Å²) < 4.78 is 0. The van der Waals surface area contributed by atoms with Crippen molar-refractivity contribution in [2.75, 3.05) is 30.4 Å². The fraction of sp³-hybridized carbons (Fsp3) is 0.500. The maximum absolute atomic E-state index is 13.2. The van der Waals surface area contributed by atoms with Crippen LogP contribution in [0.3, 0.4) is 0 Å². The number of anilines is 1. The van der Waals surface area contributed by atoms with E-state index >= 15 is 0 Å². The zero-order chi connectivity index (χ0) is 19.9. The first-order valence-corrected chi connectivity index (χ1v) is 11.4. The van der Waals surface area contributed by atoms with E-state index in [1.54, 1.807) is 11.8 Å². The summed E-state index contributed by atoms with van der Waals surface area (Å²) in [4.78, 5) is 24.2. The molecule has 0 bridgehead atoms. The number of likely N-dealkylation sites (tertiary alicyclic amines) is 1. The van der Waals surface area contributed by atoms with Gasteiger partial charge in [0.25, 0.3) is 0 Å². The summed E-state index contributed by atoms with van der Waals surface area (Å²) in [6.07, 6.45) is 4.88.